The number of aromatic nitrogens is 2. The van der Waals surface area contributed by atoms with E-state index in [-0.39, 0.29) is 6.04 Å². The number of nitrogens with zero attached hydrogens (tertiary/aromatic N) is 4. The largest absolute Gasteiger partial charge is 0.480 e. The fourth-order valence-corrected chi connectivity index (χ4v) is 2.80. The molecule has 1 unspecified atom stereocenters. The normalized spacial score (nSPS) is 19.1. The molecule has 2 heterocycles. The van der Waals surface area contributed by atoms with Crippen LogP contribution in [-0.2, 0) is 17.9 Å². The van der Waals surface area contributed by atoms with Crippen molar-refractivity contribution in [1.82, 2.24) is 19.4 Å². The van der Waals surface area contributed by atoms with Gasteiger partial charge in [-0.1, -0.05) is 6.92 Å². The highest BCUT2D eigenvalue weighted by Crippen LogP contribution is 2.12. The molecule has 1 saturated heterocycles. The summed E-state index contributed by atoms with van der Waals surface area (Å²) in [5, 5.41) is 9.20. The maximum atomic E-state index is 11.2. The number of piperazine rings is 1. The summed E-state index contributed by atoms with van der Waals surface area (Å²) in [7, 11) is 0. The highest BCUT2D eigenvalue weighted by Gasteiger charge is 2.27. The fraction of sp³-hybridized carbons (Fsp3) is 0.714. The molecule has 0 aliphatic carbocycles. The van der Waals surface area contributed by atoms with Crippen LogP contribution in [0.3, 0.4) is 0 Å². The van der Waals surface area contributed by atoms with E-state index in [1.54, 1.807) is 0 Å². The number of imidazole rings is 1. The average Bonchev–Trinajstić information content (AvgIpc) is 2.88. The molecule has 0 bridgehead atoms. The SMILES string of the molecule is CCC(C(=O)O)N1CCN(Cc2nccn2CC)CC1. The Kier molecular flexibility index (Phi) is 5.14. The first-order valence-corrected chi connectivity index (χ1v) is 7.34. The van der Waals surface area contributed by atoms with Gasteiger partial charge in [-0.15, -0.1) is 0 Å². The summed E-state index contributed by atoms with van der Waals surface area (Å²) in [5.41, 5.74) is 0. The Labute approximate surface area is 120 Å². The van der Waals surface area contributed by atoms with E-state index in [1.807, 2.05) is 19.3 Å². The van der Waals surface area contributed by atoms with Crippen molar-refractivity contribution < 1.29 is 9.90 Å². The van der Waals surface area contributed by atoms with Crippen LogP contribution in [0.4, 0.5) is 0 Å². The van der Waals surface area contributed by atoms with E-state index in [4.69, 9.17) is 0 Å². The lowest BCUT2D eigenvalue weighted by Gasteiger charge is -2.37. The van der Waals surface area contributed by atoms with Crippen LogP contribution in [0.25, 0.3) is 0 Å². The summed E-state index contributed by atoms with van der Waals surface area (Å²) in [4.78, 5) is 20.0. The lowest BCUT2D eigenvalue weighted by atomic mass is 10.1. The topological polar surface area (TPSA) is 61.6 Å². The third-order valence-electron chi connectivity index (χ3n) is 4.03. The van der Waals surface area contributed by atoms with Gasteiger partial charge in [-0.2, -0.15) is 0 Å². The molecule has 6 nitrogen and oxygen atoms in total. The standard InChI is InChI=1S/C14H24N4O2/c1-3-12(14(19)20)18-9-7-16(8-10-18)11-13-15-5-6-17(13)4-2/h5-6,12H,3-4,7-11H2,1-2H3,(H,19,20). The Hall–Kier alpha value is -1.40. The molecule has 20 heavy (non-hydrogen) atoms. The highest BCUT2D eigenvalue weighted by atomic mass is 16.4. The molecule has 1 aromatic heterocycles. The fourth-order valence-electron chi connectivity index (χ4n) is 2.80. The predicted octanol–water partition coefficient (Wildman–Crippen LogP) is 0.884. The van der Waals surface area contributed by atoms with Crippen molar-refractivity contribution in [2.75, 3.05) is 26.2 Å². The van der Waals surface area contributed by atoms with Gasteiger partial charge in [0.2, 0.25) is 0 Å². The number of aliphatic carboxylic acids is 1. The molecular formula is C14H24N4O2. The second kappa shape index (κ2) is 6.85. The number of aryl methyl sites for hydroxylation is 1. The zero-order chi connectivity index (χ0) is 14.5. The van der Waals surface area contributed by atoms with Gasteiger partial charge < -0.3 is 9.67 Å². The van der Waals surface area contributed by atoms with E-state index >= 15 is 0 Å². The molecule has 0 amide bonds. The summed E-state index contributed by atoms with van der Waals surface area (Å²) in [6.45, 7) is 9.27. The van der Waals surface area contributed by atoms with E-state index in [0.717, 1.165) is 45.1 Å². The van der Waals surface area contributed by atoms with Crippen molar-refractivity contribution in [3.8, 4) is 0 Å². The molecule has 1 aliphatic rings. The third kappa shape index (κ3) is 3.37. The zero-order valence-electron chi connectivity index (χ0n) is 12.3. The van der Waals surface area contributed by atoms with Crippen molar-refractivity contribution >= 4 is 5.97 Å². The maximum absolute atomic E-state index is 11.2. The third-order valence-corrected chi connectivity index (χ3v) is 4.03. The molecular weight excluding hydrogens is 256 g/mol. The molecule has 6 heteroatoms. The lowest BCUT2D eigenvalue weighted by Crippen LogP contribution is -2.52. The number of carboxylic acid groups (broad SMARTS) is 1. The van der Waals surface area contributed by atoms with Gasteiger partial charge in [0.1, 0.15) is 11.9 Å². The molecule has 1 fully saturated rings. The van der Waals surface area contributed by atoms with Gasteiger partial charge in [0.25, 0.3) is 0 Å². The van der Waals surface area contributed by atoms with E-state index in [1.165, 1.54) is 0 Å². The van der Waals surface area contributed by atoms with E-state index < -0.39 is 5.97 Å². The van der Waals surface area contributed by atoms with Crippen LogP contribution in [0, 0.1) is 0 Å². The summed E-state index contributed by atoms with van der Waals surface area (Å²) in [5.74, 6) is 0.383. The van der Waals surface area contributed by atoms with Crippen LogP contribution in [0.2, 0.25) is 0 Å². The molecule has 0 aromatic carbocycles. The number of carbonyl (C=O) groups is 1. The minimum atomic E-state index is -0.706. The average molecular weight is 280 g/mol. The first-order chi connectivity index (χ1) is 9.65. The molecule has 0 saturated carbocycles. The van der Waals surface area contributed by atoms with Gasteiger partial charge in [-0.3, -0.25) is 14.6 Å². The maximum Gasteiger partial charge on any atom is 0.320 e. The van der Waals surface area contributed by atoms with Crippen LogP contribution in [0.15, 0.2) is 12.4 Å². The summed E-state index contributed by atoms with van der Waals surface area (Å²) in [6, 6.07) is -0.338. The van der Waals surface area contributed by atoms with Gasteiger partial charge in [0.05, 0.1) is 6.54 Å². The van der Waals surface area contributed by atoms with Crippen LogP contribution in [-0.4, -0.2) is 62.6 Å². The van der Waals surface area contributed by atoms with Gasteiger partial charge >= 0.3 is 5.97 Å². The first kappa shape index (κ1) is 15.0. The summed E-state index contributed by atoms with van der Waals surface area (Å²) >= 11 is 0. The minimum absolute atomic E-state index is 0.338. The Morgan fingerprint density at radius 2 is 2.05 bits per heavy atom. The Bertz CT molecular complexity index is 438. The van der Waals surface area contributed by atoms with Crippen LogP contribution in [0.1, 0.15) is 26.1 Å². The minimum Gasteiger partial charge on any atom is -0.480 e. The quantitative estimate of drug-likeness (QED) is 0.838. The lowest BCUT2D eigenvalue weighted by molar-refractivity contribution is -0.144. The molecule has 0 radical (unpaired) electrons. The van der Waals surface area contributed by atoms with E-state index in [0.29, 0.717) is 6.42 Å². The van der Waals surface area contributed by atoms with Crippen LogP contribution >= 0.6 is 0 Å². The van der Waals surface area contributed by atoms with Gasteiger partial charge in [-0.25, -0.2) is 4.98 Å². The smallest absolute Gasteiger partial charge is 0.320 e. The first-order valence-electron chi connectivity index (χ1n) is 7.34. The Balaban J connectivity index is 1.87. The van der Waals surface area contributed by atoms with Crippen molar-refractivity contribution in [3.05, 3.63) is 18.2 Å². The second-order valence-electron chi connectivity index (χ2n) is 5.20. The monoisotopic (exact) mass is 280 g/mol. The Morgan fingerprint density at radius 3 is 2.60 bits per heavy atom. The zero-order valence-corrected chi connectivity index (χ0v) is 12.3. The van der Waals surface area contributed by atoms with Gasteiger partial charge in [0.15, 0.2) is 0 Å². The number of rotatable bonds is 6. The molecule has 1 aliphatic heterocycles. The number of hydrogen-bond acceptors (Lipinski definition) is 4. The van der Waals surface area contributed by atoms with E-state index in [9.17, 15) is 9.90 Å². The molecule has 2 rings (SSSR count). The number of hydrogen-bond donors (Lipinski definition) is 1. The van der Waals surface area contributed by atoms with Crippen molar-refractivity contribution in [2.45, 2.75) is 39.4 Å². The van der Waals surface area contributed by atoms with Crippen molar-refractivity contribution in [3.63, 3.8) is 0 Å². The van der Waals surface area contributed by atoms with E-state index in [2.05, 4.69) is 26.3 Å². The summed E-state index contributed by atoms with van der Waals surface area (Å²) in [6.07, 6.45) is 4.51. The van der Waals surface area contributed by atoms with Crippen molar-refractivity contribution in [2.24, 2.45) is 0 Å². The summed E-state index contributed by atoms with van der Waals surface area (Å²) < 4.78 is 2.15. The highest BCUT2D eigenvalue weighted by molar-refractivity contribution is 5.73. The molecule has 1 atom stereocenters. The number of carboxylic acids is 1. The Morgan fingerprint density at radius 1 is 1.35 bits per heavy atom. The van der Waals surface area contributed by atoms with Gasteiger partial charge in [0, 0.05) is 45.1 Å². The van der Waals surface area contributed by atoms with Crippen molar-refractivity contribution in [1.29, 1.82) is 0 Å². The second-order valence-corrected chi connectivity index (χ2v) is 5.20. The van der Waals surface area contributed by atoms with Gasteiger partial charge in [-0.05, 0) is 13.3 Å². The molecule has 112 valence electrons. The molecule has 1 aromatic rings. The van der Waals surface area contributed by atoms with Crippen LogP contribution in [0.5, 0.6) is 0 Å². The molecule has 0 spiro atoms. The van der Waals surface area contributed by atoms with Crippen LogP contribution < -0.4 is 0 Å². The molecule has 1 N–H and O–H groups in total. The predicted molar refractivity (Wildman–Crippen MR) is 76.5 cm³/mol.